The number of aryl methyl sites for hydroxylation is 1. The smallest absolute Gasteiger partial charge is 0.227 e. The van der Waals surface area contributed by atoms with E-state index in [9.17, 15) is 4.79 Å². The molecule has 1 N–H and O–H groups in total. The van der Waals surface area contributed by atoms with Crippen molar-refractivity contribution in [2.24, 2.45) is 0 Å². The summed E-state index contributed by atoms with van der Waals surface area (Å²) in [5.74, 6) is 0. The zero-order valence-electron chi connectivity index (χ0n) is 8.23. The summed E-state index contributed by atoms with van der Waals surface area (Å²) in [6, 6.07) is 9.18. The van der Waals surface area contributed by atoms with Gasteiger partial charge in [0.15, 0.2) is 5.16 Å². The van der Waals surface area contributed by atoms with E-state index in [1.807, 2.05) is 25.1 Å². The first-order valence-electron chi connectivity index (χ1n) is 4.54. The van der Waals surface area contributed by atoms with Crippen LogP contribution in [0.3, 0.4) is 0 Å². The number of aromatic nitrogens is 2. The molecule has 3 nitrogen and oxygen atoms in total. The predicted molar refractivity (Wildman–Crippen MR) is 60.0 cm³/mol. The number of aromatic amines is 1. The van der Waals surface area contributed by atoms with Crippen LogP contribution in [0.1, 0.15) is 16.1 Å². The fourth-order valence-electron chi connectivity index (χ4n) is 1.16. The minimum absolute atomic E-state index is 0.00458. The number of nitrogens with zero attached hydrogens (tertiary/aromatic N) is 1. The highest BCUT2D eigenvalue weighted by Gasteiger charge is 2.09. The maximum atomic E-state index is 11.7. The minimum Gasteiger partial charge on any atom is -0.337 e. The molecule has 76 valence electrons. The number of hydrogen-bond acceptors (Lipinski definition) is 3. The molecule has 0 radical (unpaired) electrons. The highest BCUT2D eigenvalue weighted by Crippen LogP contribution is 2.19. The molecule has 0 unspecified atom stereocenters. The molecule has 4 heteroatoms. The molecule has 0 amide bonds. The molecule has 2 rings (SSSR count). The van der Waals surface area contributed by atoms with Crippen LogP contribution in [0, 0.1) is 6.92 Å². The number of carbonyl (C=O) groups excluding carboxylic acids is 1. The summed E-state index contributed by atoms with van der Waals surface area (Å²) in [5, 5.41) is 0.645. The summed E-state index contributed by atoms with van der Waals surface area (Å²) in [7, 11) is 0. The summed E-state index contributed by atoms with van der Waals surface area (Å²) in [5.41, 5.74) is 1.65. The van der Waals surface area contributed by atoms with Gasteiger partial charge in [-0.1, -0.05) is 30.3 Å². The van der Waals surface area contributed by atoms with Gasteiger partial charge < -0.3 is 4.98 Å². The number of imidazole rings is 1. The van der Waals surface area contributed by atoms with E-state index in [0.29, 0.717) is 10.7 Å². The molecule has 0 fully saturated rings. The van der Waals surface area contributed by atoms with Crippen LogP contribution in [0.5, 0.6) is 0 Å². The van der Waals surface area contributed by atoms with Crippen molar-refractivity contribution < 1.29 is 4.79 Å². The first kappa shape index (κ1) is 9.98. The maximum Gasteiger partial charge on any atom is 0.227 e. The molecule has 1 aromatic carbocycles. The minimum atomic E-state index is 0.00458. The molecular formula is C11H10N2OS. The van der Waals surface area contributed by atoms with Crippen molar-refractivity contribution in [3.8, 4) is 0 Å². The molecule has 0 aliphatic heterocycles. The third kappa shape index (κ3) is 2.47. The molecule has 2 aromatic rings. The van der Waals surface area contributed by atoms with Gasteiger partial charge in [0.2, 0.25) is 5.12 Å². The van der Waals surface area contributed by atoms with E-state index in [2.05, 4.69) is 9.97 Å². The molecule has 15 heavy (non-hydrogen) atoms. The predicted octanol–water partition coefficient (Wildman–Crippen LogP) is 2.65. The Bertz CT molecular complexity index is 464. The summed E-state index contributed by atoms with van der Waals surface area (Å²) in [6.07, 6.45) is 1.71. The SMILES string of the molecule is Cc1cnc(SC(=O)c2ccccc2)[nH]1. The van der Waals surface area contributed by atoms with Crippen molar-refractivity contribution in [2.45, 2.75) is 12.1 Å². The Morgan fingerprint density at radius 2 is 2.07 bits per heavy atom. The molecule has 0 aliphatic carbocycles. The largest absolute Gasteiger partial charge is 0.337 e. The first-order chi connectivity index (χ1) is 7.25. The van der Waals surface area contributed by atoms with Crippen molar-refractivity contribution in [1.29, 1.82) is 0 Å². The van der Waals surface area contributed by atoms with E-state index >= 15 is 0 Å². The number of carbonyl (C=O) groups is 1. The Hall–Kier alpha value is -1.55. The van der Waals surface area contributed by atoms with Gasteiger partial charge in [-0.05, 0) is 18.7 Å². The molecule has 1 aromatic heterocycles. The van der Waals surface area contributed by atoms with Crippen LogP contribution < -0.4 is 0 Å². The Morgan fingerprint density at radius 3 is 2.67 bits per heavy atom. The lowest BCUT2D eigenvalue weighted by Gasteiger charge is -1.96. The fraction of sp³-hybridized carbons (Fsp3) is 0.0909. The third-order valence-corrected chi connectivity index (χ3v) is 2.70. The average Bonchev–Trinajstić information content (AvgIpc) is 2.65. The highest BCUT2D eigenvalue weighted by atomic mass is 32.2. The van der Waals surface area contributed by atoms with E-state index in [1.54, 1.807) is 18.3 Å². The van der Waals surface area contributed by atoms with Gasteiger partial charge in [-0.2, -0.15) is 0 Å². The first-order valence-corrected chi connectivity index (χ1v) is 5.36. The van der Waals surface area contributed by atoms with Gasteiger partial charge in [-0.25, -0.2) is 4.98 Å². The lowest BCUT2D eigenvalue weighted by atomic mass is 10.2. The van der Waals surface area contributed by atoms with E-state index < -0.39 is 0 Å². The quantitative estimate of drug-likeness (QED) is 0.788. The van der Waals surface area contributed by atoms with Crippen LogP contribution in [0.4, 0.5) is 0 Å². The number of rotatable bonds is 2. The zero-order chi connectivity index (χ0) is 10.7. The zero-order valence-corrected chi connectivity index (χ0v) is 9.04. The van der Waals surface area contributed by atoms with Crippen LogP contribution in [0.25, 0.3) is 0 Å². The van der Waals surface area contributed by atoms with E-state index in [-0.39, 0.29) is 5.12 Å². The number of hydrogen-bond donors (Lipinski definition) is 1. The second-order valence-electron chi connectivity index (χ2n) is 3.13. The topological polar surface area (TPSA) is 45.8 Å². The molecule has 1 heterocycles. The number of nitrogens with one attached hydrogen (secondary N) is 1. The molecule has 0 aliphatic rings. The highest BCUT2D eigenvalue weighted by molar-refractivity contribution is 8.14. The van der Waals surface area contributed by atoms with Crippen LogP contribution in [0.15, 0.2) is 41.7 Å². The van der Waals surface area contributed by atoms with Crippen molar-refractivity contribution in [2.75, 3.05) is 0 Å². The molecule has 0 saturated heterocycles. The number of H-pyrrole nitrogens is 1. The van der Waals surface area contributed by atoms with E-state index in [1.165, 1.54) is 0 Å². The van der Waals surface area contributed by atoms with E-state index in [0.717, 1.165) is 17.5 Å². The monoisotopic (exact) mass is 218 g/mol. The Labute approximate surface area is 91.9 Å². The maximum absolute atomic E-state index is 11.7. The summed E-state index contributed by atoms with van der Waals surface area (Å²) in [6.45, 7) is 1.91. The molecular weight excluding hydrogens is 208 g/mol. The number of thioether (sulfide) groups is 1. The van der Waals surface area contributed by atoms with Crippen molar-refractivity contribution >= 4 is 16.9 Å². The molecule has 0 bridgehead atoms. The second-order valence-corrected chi connectivity index (χ2v) is 4.09. The van der Waals surface area contributed by atoms with Crippen LogP contribution in [0.2, 0.25) is 0 Å². The van der Waals surface area contributed by atoms with Crippen molar-refractivity contribution in [3.05, 3.63) is 47.8 Å². The van der Waals surface area contributed by atoms with Crippen molar-refractivity contribution in [1.82, 2.24) is 9.97 Å². The normalized spacial score (nSPS) is 10.2. The van der Waals surface area contributed by atoms with Crippen LogP contribution in [-0.4, -0.2) is 15.1 Å². The average molecular weight is 218 g/mol. The number of benzene rings is 1. The van der Waals surface area contributed by atoms with Gasteiger partial charge in [0, 0.05) is 17.5 Å². The van der Waals surface area contributed by atoms with Crippen LogP contribution in [-0.2, 0) is 0 Å². The van der Waals surface area contributed by atoms with Gasteiger partial charge in [-0.15, -0.1) is 0 Å². The third-order valence-electron chi connectivity index (χ3n) is 1.88. The van der Waals surface area contributed by atoms with Gasteiger partial charge >= 0.3 is 0 Å². The van der Waals surface area contributed by atoms with E-state index in [4.69, 9.17) is 0 Å². The lowest BCUT2D eigenvalue weighted by Crippen LogP contribution is -1.92. The summed E-state index contributed by atoms with van der Waals surface area (Å²) in [4.78, 5) is 18.8. The molecule has 0 spiro atoms. The van der Waals surface area contributed by atoms with Gasteiger partial charge in [-0.3, -0.25) is 4.79 Å². The fourth-order valence-corrected chi connectivity index (χ4v) is 1.91. The van der Waals surface area contributed by atoms with Crippen LogP contribution >= 0.6 is 11.8 Å². The van der Waals surface area contributed by atoms with Gasteiger partial charge in [0.1, 0.15) is 0 Å². The van der Waals surface area contributed by atoms with Crippen molar-refractivity contribution in [3.63, 3.8) is 0 Å². The molecule has 0 atom stereocenters. The lowest BCUT2D eigenvalue weighted by molar-refractivity contribution is 0.108. The Balaban J connectivity index is 2.11. The molecule has 0 saturated carbocycles. The summed E-state index contributed by atoms with van der Waals surface area (Å²) < 4.78 is 0. The van der Waals surface area contributed by atoms with Gasteiger partial charge in [0.25, 0.3) is 0 Å². The standard InChI is InChI=1S/C11H10N2OS/c1-8-7-12-11(13-8)15-10(14)9-5-3-2-4-6-9/h2-7H,1H3,(H,12,13). The van der Waals surface area contributed by atoms with Gasteiger partial charge in [0.05, 0.1) is 0 Å². The Kier molecular flexibility index (Phi) is 2.87. The summed E-state index contributed by atoms with van der Waals surface area (Å²) >= 11 is 1.11. The Morgan fingerprint density at radius 1 is 1.33 bits per heavy atom. The second kappa shape index (κ2) is 4.31.